The van der Waals surface area contributed by atoms with E-state index in [0.717, 1.165) is 32.4 Å². The Hall–Kier alpha value is -1.82. The number of anilines is 1. The molecule has 0 amide bonds. The molecule has 0 aliphatic carbocycles. The molecule has 2 rings (SSSR count). The molecule has 0 unspecified atom stereocenters. The average molecular weight is 294 g/mol. The molecule has 21 heavy (non-hydrogen) atoms. The van der Waals surface area contributed by atoms with Gasteiger partial charge in [0, 0.05) is 19.7 Å². The summed E-state index contributed by atoms with van der Waals surface area (Å²) in [7, 11) is 0. The summed E-state index contributed by atoms with van der Waals surface area (Å²) in [5.74, 6) is 0.642. The molecular formula is C15H22N2O4. The summed E-state index contributed by atoms with van der Waals surface area (Å²) in [6.07, 6.45) is 2.52. The van der Waals surface area contributed by atoms with Crippen LogP contribution < -0.4 is 9.64 Å². The van der Waals surface area contributed by atoms with Crippen molar-refractivity contribution in [1.29, 1.82) is 0 Å². The number of aliphatic hydroxyl groups excluding tert-OH is 1. The second kappa shape index (κ2) is 7.26. The van der Waals surface area contributed by atoms with Crippen molar-refractivity contribution < 1.29 is 14.8 Å². The Balaban J connectivity index is 2.24. The highest BCUT2D eigenvalue weighted by molar-refractivity contribution is 5.70. The number of para-hydroxylation sites is 1. The molecule has 6 heteroatoms. The van der Waals surface area contributed by atoms with E-state index in [0.29, 0.717) is 24.0 Å². The molecule has 1 N–H and O–H groups in total. The first-order valence-corrected chi connectivity index (χ1v) is 7.43. The third kappa shape index (κ3) is 3.64. The summed E-state index contributed by atoms with van der Waals surface area (Å²) in [5.41, 5.74) is 0.665. The average Bonchev–Trinajstić information content (AvgIpc) is 2.52. The van der Waals surface area contributed by atoms with E-state index >= 15 is 0 Å². The van der Waals surface area contributed by atoms with Gasteiger partial charge in [0.05, 0.1) is 11.5 Å². The van der Waals surface area contributed by atoms with Gasteiger partial charge in [0.2, 0.25) is 0 Å². The van der Waals surface area contributed by atoms with E-state index < -0.39 is 0 Å². The Morgan fingerprint density at radius 3 is 2.71 bits per heavy atom. The van der Waals surface area contributed by atoms with E-state index in [1.165, 1.54) is 0 Å². The lowest BCUT2D eigenvalue weighted by molar-refractivity contribution is -0.385. The van der Waals surface area contributed by atoms with Gasteiger partial charge in [0.1, 0.15) is 5.69 Å². The number of rotatable bonds is 6. The van der Waals surface area contributed by atoms with E-state index in [1.54, 1.807) is 18.2 Å². The molecule has 0 aromatic heterocycles. The van der Waals surface area contributed by atoms with Crippen LogP contribution in [0, 0.1) is 16.0 Å². The molecule has 1 aromatic rings. The largest absolute Gasteiger partial charge is 0.487 e. The van der Waals surface area contributed by atoms with Gasteiger partial charge in [0.25, 0.3) is 0 Å². The van der Waals surface area contributed by atoms with Crippen molar-refractivity contribution in [2.45, 2.75) is 26.2 Å². The second-order valence-corrected chi connectivity index (χ2v) is 5.34. The van der Waals surface area contributed by atoms with Crippen LogP contribution in [0.25, 0.3) is 0 Å². The second-order valence-electron chi connectivity index (χ2n) is 5.34. The van der Waals surface area contributed by atoms with E-state index in [4.69, 9.17) is 4.74 Å². The van der Waals surface area contributed by atoms with Gasteiger partial charge in [-0.1, -0.05) is 13.0 Å². The van der Waals surface area contributed by atoms with Gasteiger partial charge in [-0.2, -0.15) is 0 Å². The van der Waals surface area contributed by atoms with Crippen molar-refractivity contribution >= 4 is 11.4 Å². The topological polar surface area (TPSA) is 75.8 Å². The SMILES string of the molecule is CCCOc1cccc(N2CCC(CO)CC2)c1[N+](=O)[O-]. The van der Waals surface area contributed by atoms with Crippen molar-refractivity contribution in [2.75, 3.05) is 31.2 Å². The summed E-state index contributed by atoms with van der Waals surface area (Å²) in [5, 5.41) is 20.6. The van der Waals surface area contributed by atoms with E-state index in [1.807, 2.05) is 11.8 Å². The van der Waals surface area contributed by atoms with Crippen molar-refractivity contribution in [1.82, 2.24) is 0 Å². The van der Waals surface area contributed by atoms with Crippen molar-refractivity contribution in [3.05, 3.63) is 28.3 Å². The van der Waals surface area contributed by atoms with Gasteiger partial charge in [0.15, 0.2) is 5.75 Å². The number of nitro groups is 1. The summed E-state index contributed by atoms with van der Waals surface area (Å²) in [6, 6.07) is 5.22. The van der Waals surface area contributed by atoms with Crippen LogP contribution in [0.1, 0.15) is 26.2 Å². The number of nitro benzene ring substituents is 1. The Kier molecular flexibility index (Phi) is 5.38. The maximum absolute atomic E-state index is 11.4. The highest BCUT2D eigenvalue weighted by Gasteiger charge is 2.27. The Labute approximate surface area is 124 Å². The first-order chi connectivity index (χ1) is 10.2. The number of ether oxygens (including phenoxy) is 1. The summed E-state index contributed by atoms with van der Waals surface area (Å²) in [6.45, 7) is 4.08. The molecule has 0 spiro atoms. The number of nitrogens with zero attached hydrogens (tertiary/aromatic N) is 2. The van der Waals surface area contributed by atoms with Crippen LogP contribution in [0.3, 0.4) is 0 Å². The number of benzene rings is 1. The zero-order valence-electron chi connectivity index (χ0n) is 12.3. The Morgan fingerprint density at radius 1 is 1.43 bits per heavy atom. The Morgan fingerprint density at radius 2 is 2.14 bits per heavy atom. The highest BCUT2D eigenvalue weighted by atomic mass is 16.6. The molecular weight excluding hydrogens is 272 g/mol. The summed E-state index contributed by atoms with van der Waals surface area (Å²) in [4.78, 5) is 13.1. The summed E-state index contributed by atoms with van der Waals surface area (Å²) < 4.78 is 5.51. The van der Waals surface area contributed by atoms with Crippen LogP contribution in [0.2, 0.25) is 0 Å². The lowest BCUT2D eigenvalue weighted by Gasteiger charge is -2.32. The highest BCUT2D eigenvalue weighted by Crippen LogP contribution is 2.38. The van der Waals surface area contributed by atoms with Crippen molar-refractivity contribution in [2.24, 2.45) is 5.92 Å². The van der Waals surface area contributed by atoms with Gasteiger partial charge in [-0.3, -0.25) is 10.1 Å². The smallest absolute Gasteiger partial charge is 0.333 e. The molecule has 0 bridgehead atoms. The molecule has 1 heterocycles. The van der Waals surface area contributed by atoms with Crippen LogP contribution in [0.4, 0.5) is 11.4 Å². The first-order valence-electron chi connectivity index (χ1n) is 7.43. The van der Waals surface area contributed by atoms with E-state index in [2.05, 4.69) is 0 Å². The summed E-state index contributed by atoms with van der Waals surface area (Å²) >= 11 is 0. The minimum atomic E-state index is -0.363. The molecule has 1 aromatic carbocycles. The lowest BCUT2D eigenvalue weighted by Crippen LogP contribution is -2.35. The van der Waals surface area contributed by atoms with Crippen molar-refractivity contribution in [3.8, 4) is 5.75 Å². The van der Waals surface area contributed by atoms with Gasteiger partial charge in [-0.15, -0.1) is 0 Å². The predicted octanol–water partition coefficient (Wildman–Crippen LogP) is 2.59. The van der Waals surface area contributed by atoms with Gasteiger partial charge < -0.3 is 14.7 Å². The van der Waals surface area contributed by atoms with E-state index in [-0.39, 0.29) is 17.2 Å². The number of piperidine rings is 1. The third-order valence-electron chi connectivity index (χ3n) is 3.84. The van der Waals surface area contributed by atoms with Crippen LogP contribution in [-0.2, 0) is 0 Å². The molecule has 6 nitrogen and oxygen atoms in total. The van der Waals surface area contributed by atoms with Crippen LogP contribution >= 0.6 is 0 Å². The zero-order chi connectivity index (χ0) is 15.2. The van der Waals surface area contributed by atoms with Crippen molar-refractivity contribution in [3.63, 3.8) is 0 Å². The Bertz CT molecular complexity index is 485. The zero-order valence-corrected chi connectivity index (χ0v) is 12.3. The monoisotopic (exact) mass is 294 g/mol. The van der Waals surface area contributed by atoms with Gasteiger partial charge in [-0.05, 0) is 37.3 Å². The number of hydrogen-bond acceptors (Lipinski definition) is 5. The van der Waals surface area contributed by atoms with Gasteiger partial charge >= 0.3 is 5.69 Å². The first kappa shape index (κ1) is 15.6. The minimum Gasteiger partial charge on any atom is -0.487 e. The maximum Gasteiger partial charge on any atom is 0.333 e. The fourth-order valence-corrected chi connectivity index (χ4v) is 2.63. The molecule has 1 saturated heterocycles. The molecule has 0 atom stereocenters. The van der Waals surface area contributed by atoms with Crippen LogP contribution in [0.5, 0.6) is 5.75 Å². The predicted molar refractivity (Wildman–Crippen MR) is 80.9 cm³/mol. The fraction of sp³-hybridized carbons (Fsp3) is 0.600. The maximum atomic E-state index is 11.4. The fourth-order valence-electron chi connectivity index (χ4n) is 2.63. The quantitative estimate of drug-likeness (QED) is 0.644. The molecule has 0 saturated carbocycles. The van der Waals surface area contributed by atoms with Crippen LogP contribution in [0.15, 0.2) is 18.2 Å². The lowest BCUT2D eigenvalue weighted by atomic mass is 9.97. The molecule has 1 aliphatic rings. The number of hydrogen-bond donors (Lipinski definition) is 1. The molecule has 116 valence electrons. The minimum absolute atomic E-state index is 0.0494. The normalized spacial score (nSPS) is 16.0. The van der Waals surface area contributed by atoms with Gasteiger partial charge in [-0.25, -0.2) is 0 Å². The third-order valence-corrected chi connectivity index (χ3v) is 3.84. The molecule has 1 fully saturated rings. The number of aliphatic hydroxyl groups is 1. The molecule has 0 radical (unpaired) electrons. The molecule has 1 aliphatic heterocycles. The standard InChI is InChI=1S/C15H22N2O4/c1-2-10-21-14-5-3-4-13(15(14)17(19)20)16-8-6-12(11-18)7-9-16/h3-5,12,18H,2,6-11H2,1H3. The van der Waals surface area contributed by atoms with Crippen LogP contribution in [-0.4, -0.2) is 36.3 Å². The van der Waals surface area contributed by atoms with E-state index in [9.17, 15) is 15.2 Å².